The van der Waals surface area contributed by atoms with Gasteiger partial charge in [0.25, 0.3) is 5.91 Å². The standard InChI is InChI=1S/C19H22N4O2/c1-12(2)18-20-17(21-25-18)16-9-6-10-23(16)19(24)14-11-22(3)15-8-5-4-7-13(14)15/h4-5,7-8,11-12,16H,6,9-10H2,1-3H3/t16-/m1/s1. The number of hydrogen-bond acceptors (Lipinski definition) is 4. The fraction of sp³-hybridized carbons (Fsp3) is 0.421. The summed E-state index contributed by atoms with van der Waals surface area (Å²) in [5.74, 6) is 1.47. The second kappa shape index (κ2) is 6.02. The molecular weight excluding hydrogens is 316 g/mol. The summed E-state index contributed by atoms with van der Waals surface area (Å²) in [6.45, 7) is 4.76. The van der Waals surface area contributed by atoms with Crippen molar-refractivity contribution in [1.82, 2.24) is 19.6 Å². The molecule has 4 rings (SSSR count). The van der Waals surface area contributed by atoms with Crippen molar-refractivity contribution in [3.05, 3.63) is 47.7 Å². The summed E-state index contributed by atoms with van der Waals surface area (Å²) in [7, 11) is 1.97. The van der Waals surface area contributed by atoms with Gasteiger partial charge in [-0.2, -0.15) is 4.98 Å². The predicted octanol–water partition coefficient (Wildman–Crippen LogP) is 3.66. The maximum Gasteiger partial charge on any atom is 0.256 e. The number of hydrogen-bond donors (Lipinski definition) is 0. The van der Waals surface area contributed by atoms with Crippen LogP contribution in [0.1, 0.15) is 60.7 Å². The van der Waals surface area contributed by atoms with Crippen LogP contribution in [0.3, 0.4) is 0 Å². The number of aromatic nitrogens is 3. The van der Waals surface area contributed by atoms with Gasteiger partial charge >= 0.3 is 0 Å². The van der Waals surface area contributed by atoms with Crippen LogP contribution >= 0.6 is 0 Å². The van der Waals surface area contributed by atoms with Crippen molar-refractivity contribution in [3.8, 4) is 0 Å². The molecule has 1 aliphatic rings. The summed E-state index contributed by atoms with van der Waals surface area (Å²) in [5.41, 5.74) is 1.79. The Hall–Kier alpha value is -2.63. The van der Waals surface area contributed by atoms with Crippen LogP contribution in [0.25, 0.3) is 10.9 Å². The molecule has 6 nitrogen and oxygen atoms in total. The molecule has 1 aliphatic heterocycles. The second-order valence-corrected chi connectivity index (χ2v) is 6.97. The molecule has 25 heavy (non-hydrogen) atoms. The molecule has 3 aromatic rings. The number of fused-ring (bicyclic) bond motifs is 1. The van der Waals surface area contributed by atoms with Crippen LogP contribution in [0, 0.1) is 0 Å². The molecule has 1 amide bonds. The minimum atomic E-state index is -0.109. The highest BCUT2D eigenvalue weighted by atomic mass is 16.5. The first kappa shape index (κ1) is 15.9. The van der Waals surface area contributed by atoms with Gasteiger partial charge in [-0.1, -0.05) is 37.2 Å². The van der Waals surface area contributed by atoms with Gasteiger partial charge in [0, 0.05) is 36.6 Å². The molecule has 1 saturated heterocycles. The summed E-state index contributed by atoms with van der Waals surface area (Å²) in [6.07, 6.45) is 3.73. The molecule has 130 valence electrons. The zero-order valence-corrected chi connectivity index (χ0v) is 14.8. The van der Waals surface area contributed by atoms with Gasteiger partial charge in [-0.3, -0.25) is 4.79 Å². The Bertz CT molecular complexity index is 925. The minimum absolute atomic E-state index is 0.0372. The molecule has 0 bridgehead atoms. The minimum Gasteiger partial charge on any atom is -0.350 e. The van der Waals surface area contributed by atoms with Crippen molar-refractivity contribution in [2.45, 2.75) is 38.6 Å². The topological polar surface area (TPSA) is 64.2 Å². The van der Waals surface area contributed by atoms with Crippen molar-refractivity contribution >= 4 is 16.8 Å². The summed E-state index contributed by atoms with van der Waals surface area (Å²) in [5, 5.41) is 5.11. The van der Waals surface area contributed by atoms with Crippen molar-refractivity contribution in [2.75, 3.05) is 6.54 Å². The lowest BCUT2D eigenvalue weighted by atomic mass is 10.1. The van der Waals surface area contributed by atoms with E-state index in [0.29, 0.717) is 11.7 Å². The highest BCUT2D eigenvalue weighted by Gasteiger charge is 2.35. The average Bonchev–Trinajstić information content (AvgIpc) is 3.32. The maximum absolute atomic E-state index is 13.2. The third kappa shape index (κ3) is 2.62. The summed E-state index contributed by atoms with van der Waals surface area (Å²) in [4.78, 5) is 19.6. The van der Waals surface area contributed by atoms with Gasteiger partial charge in [-0.15, -0.1) is 0 Å². The van der Waals surface area contributed by atoms with E-state index in [1.54, 1.807) is 0 Å². The Morgan fingerprint density at radius 1 is 1.32 bits per heavy atom. The predicted molar refractivity (Wildman–Crippen MR) is 94.3 cm³/mol. The zero-order valence-electron chi connectivity index (χ0n) is 14.8. The van der Waals surface area contributed by atoms with E-state index >= 15 is 0 Å². The Kier molecular flexibility index (Phi) is 3.82. The second-order valence-electron chi connectivity index (χ2n) is 6.97. The first-order chi connectivity index (χ1) is 12.1. The number of rotatable bonds is 3. The zero-order chi connectivity index (χ0) is 17.6. The van der Waals surface area contributed by atoms with Crippen molar-refractivity contribution in [2.24, 2.45) is 7.05 Å². The fourth-order valence-electron chi connectivity index (χ4n) is 3.56. The summed E-state index contributed by atoms with van der Waals surface area (Å²) in [6, 6.07) is 7.87. The normalized spacial score (nSPS) is 17.8. The van der Waals surface area contributed by atoms with Gasteiger partial charge in [0.2, 0.25) is 5.89 Å². The smallest absolute Gasteiger partial charge is 0.256 e. The van der Waals surface area contributed by atoms with E-state index in [0.717, 1.165) is 35.9 Å². The highest BCUT2D eigenvalue weighted by Crippen LogP contribution is 2.33. The third-order valence-electron chi connectivity index (χ3n) is 4.89. The Labute approximate surface area is 146 Å². The molecule has 1 aromatic carbocycles. The first-order valence-corrected chi connectivity index (χ1v) is 8.75. The lowest BCUT2D eigenvalue weighted by Crippen LogP contribution is -2.31. The third-order valence-corrected chi connectivity index (χ3v) is 4.89. The number of nitrogens with zero attached hydrogens (tertiary/aromatic N) is 4. The van der Waals surface area contributed by atoms with Gasteiger partial charge in [-0.25, -0.2) is 0 Å². The van der Waals surface area contributed by atoms with Crippen LogP contribution < -0.4 is 0 Å². The molecule has 0 aliphatic carbocycles. The van der Waals surface area contributed by atoms with E-state index in [1.807, 2.05) is 60.8 Å². The maximum atomic E-state index is 13.2. The lowest BCUT2D eigenvalue weighted by molar-refractivity contribution is 0.0730. The molecule has 6 heteroatoms. The number of carbonyl (C=O) groups excluding carboxylic acids is 1. The quantitative estimate of drug-likeness (QED) is 0.731. The van der Waals surface area contributed by atoms with E-state index in [4.69, 9.17) is 4.52 Å². The first-order valence-electron chi connectivity index (χ1n) is 8.75. The Morgan fingerprint density at radius 2 is 2.12 bits per heavy atom. The molecule has 0 N–H and O–H groups in total. The van der Waals surface area contributed by atoms with E-state index in [1.165, 1.54) is 0 Å². The molecule has 0 saturated carbocycles. The molecule has 0 radical (unpaired) electrons. The monoisotopic (exact) mass is 338 g/mol. The van der Waals surface area contributed by atoms with Crippen molar-refractivity contribution in [3.63, 3.8) is 0 Å². The summed E-state index contributed by atoms with van der Waals surface area (Å²) < 4.78 is 7.34. The average molecular weight is 338 g/mol. The number of likely N-dealkylation sites (tertiary alicyclic amines) is 1. The van der Waals surface area contributed by atoms with E-state index in [9.17, 15) is 4.79 Å². The van der Waals surface area contributed by atoms with Crippen LogP contribution in [-0.2, 0) is 7.05 Å². The van der Waals surface area contributed by atoms with Crippen LogP contribution in [0.2, 0.25) is 0 Å². The van der Waals surface area contributed by atoms with Gasteiger partial charge in [0.15, 0.2) is 5.82 Å². The number of carbonyl (C=O) groups is 1. The van der Waals surface area contributed by atoms with Gasteiger partial charge in [-0.05, 0) is 18.9 Å². The molecule has 1 atom stereocenters. The molecule has 1 fully saturated rings. The Morgan fingerprint density at radius 3 is 2.88 bits per heavy atom. The number of benzene rings is 1. The van der Waals surface area contributed by atoms with E-state index in [-0.39, 0.29) is 17.9 Å². The van der Waals surface area contributed by atoms with Crippen LogP contribution in [-0.4, -0.2) is 32.1 Å². The number of aryl methyl sites for hydroxylation is 1. The van der Waals surface area contributed by atoms with E-state index in [2.05, 4.69) is 10.1 Å². The molecular formula is C19H22N4O2. The number of para-hydroxylation sites is 1. The molecule has 2 aromatic heterocycles. The van der Waals surface area contributed by atoms with Crippen LogP contribution in [0.4, 0.5) is 0 Å². The van der Waals surface area contributed by atoms with Gasteiger partial charge in [0.1, 0.15) is 0 Å². The molecule has 3 heterocycles. The largest absolute Gasteiger partial charge is 0.350 e. The Balaban J connectivity index is 1.68. The molecule has 0 unspecified atom stereocenters. The summed E-state index contributed by atoms with van der Waals surface area (Å²) >= 11 is 0. The van der Waals surface area contributed by atoms with Crippen LogP contribution in [0.15, 0.2) is 35.0 Å². The fourth-order valence-corrected chi connectivity index (χ4v) is 3.56. The van der Waals surface area contributed by atoms with Gasteiger partial charge < -0.3 is 14.0 Å². The van der Waals surface area contributed by atoms with E-state index < -0.39 is 0 Å². The van der Waals surface area contributed by atoms with Gasteiger partial charge in [0.05, 0.1) is 11.6 Å². The lowest BCUT2D eigenvalue weighted by Gasteiger charge is -2.22. The highest BCUT2D eigenvalue weighted by molar-refractivity contribution is 6.07. The molecule has 0 spiro atoms. The SMILES string of the molecule is CC(C)c1nc([C@H]2CCCN2C(=O)c2cn(C)c3ccccc23)no1. The van der Waals surface area contributed by atoms with Crippen molar-refractivity contribution < 1.29 is 9.32 Å². The van der Waals surface area contributed by atoms with Crippen molar-refractivity contribution in [1.29, 1.82) is 0 Å². The van der Waals surface area contributed by atoms with Crippen LogP contribution in [0.5, 0.6) is 0 Å². The number of amides is 1.